The molecular formula is C66H111O15P3. The van der Waals surface area contributed by atoms with E-state index in [9.17, 15) is 28.8 Å². The molecule has 0 saturated carbocycles. The molecule has 0 amide bonds. The van der Waals surface area contributed by atoms with Gasteiger partial charge in [0.1, 0.15) is 55.9 Å². The summed E-state index contributed by atoms with van der Waals surface area (Å²) in [6.07, 6.45) is 11.0. The van der Waals surface area contributed by atoms with Gasteiger partial charge in [0.05, 0.1) is 56.8 Å². The maximum absolute atomic E-state index is 12.5. The number of carbonyl (C=O) groups is 6. The molecule has 84 heavy (non-hydrogen) atoms. The quantitative estimate of drug-likeness (QED) is 0.0242. The van der Waals surface area contributed by atoms with Gasteiger partial charge in [-0.1, -0.05) is 93.6 Å². The molecule has 0 aliphatic carbocycles. The molecule has 3 atom stereocenters. The molecule has 15 nitrogen and oxygen atoms in total. The first-order valence-corrected chi connectivity index (χ1v) is 37.1. The second-order valence-electron chi connectivity index (χ2n) is 24.0. The van der Waals surface area contributed by atoms with Crippen LogP contribution in [-0.2, 0) is 110 Å². The van der Waals surface area contributed by atoms with E-state index < -0.39 is 73.8 Å². The van der Waals surface area contributed by atoms with Crippen LogP contribution in [0.1, 0.15) is 115 Å². The number of carbonyl (C=O) groups excluding carboxylic acids is 6. The summed E-state index contributed by atoms with van der Waals surface area (Å²) < 4.78 is 46.7. The monoisotopic (exact) mass is 1240 g/mol. The molecule has 0 saturated heterocycles. The van der Waals surface area contributed by atoms with Crippen LogP contribution in [0, 0.1) is 38.5 Å². The van der Waals surface area contributed by atoms with Crippen molar-refractivity contribution >= 4 is 57.6 Å². The van der Waals surface area contributed by atoms with Crippen molar-refractivity contribution in [3.05, 3.63) is 128 Å². The zero-order valence-corrected chi connectivity index (χ0v) is 58.3. The zero-order chi connectivity index (χ0) is 61.5. The largest absolute Gasteiger partial charge is 0.465 e. The van der Waals surface area contributed by atoms with Crippen LogP contribution in [0.25, 0.3) is 0 Å². The smallest absolute Gasteiger partial charge is 0.317 e. The highest BCUT2D eigenvalue weighted by atomic mass is 31.2. The first kappa shape index (κ1) is 83.9. The van der Waals surface area contributed by atoms with Gasteiger partial charge >= 0.3 is 35.8 Å². The number of methoxy groups -OCH3 is 3. The summed E-state index contributed by atoms with van der Waals surface area (Å²) in [4.78, 5) is 70.6. The van der Waals surface area contributed by atoms with Crippen LogP contribution in [0.3, 0.4) is 0 Å². The number of hydrogen-bond donors (Lipinski definition) is 0. The van der Waals surface area contributed by atoms with E-state index in [1.165, 1.54) is 96.5 Å². The minimum atomic E-state index is -1.02. The van der Waals surface area contributed by atoms with Gasteiger partial charge in [0.25, 0.3) is 0 Å². The highest BCUT2D eigenvalue weighted by molar-refractivity contribution is 7.74. The molecule has 0 bridgehead atoms. The molecule has 3 rings (SSSR count). The van der Waals surface area contributed by atoms with E-state index in [0.717, 1.165) is 35.2 Å². The maximum Gasteiger partial charge on any atom is 0.317 e. The minimum absolute atomic E-state index is 0. The van der Waals surface area contributed by atoms with Crippen molar-refractivity contribution in [3.63, 3.8) is 0 Å². The molecule has 3 aromatic carbocycles. The maximum atomic E-state index is 12.5. The fourth-order valence-electron chi connectivity index (χ4n) is 8.94. The van der Waals surface area contributed by atoms with Gasteiger partial charge in [-0.05, 0) is 73.4 Å². The summed E-state index contributed by atoms with van der Waals surface area (Å²) in [7, 11) is 1.81. The summed E-state index contributed by atoms with van der Waals surface area (Å²) in [6.45, 7) is 30.7. The molecule has 3 aromatic rings. The van der Waals surface area contributed by atoms with E-state index >= 15 is 0 Å². The molecule has 3 unspecified atom stereocenters. The Bertz CT molecular complexity index is 2100. The first-order valence-electron chi connectivity index (χ1n) is 27.9. The van der Waals surface area contributed by atoms with E-state index in [2.05, 4.69) is 97.2 Å². The van der Waals surface area contributed by atoms with Gasteiger partial charge in [0.15, 0.2) is 0 Å². The van der Waals surface area contributed by atoms with Gasteiger partial charge in [0, 0.05) is 104 Å². The summed E-state index contributed by atoms with van der Waals surface area (Å²) in [6, 6.07) is 24.8. The van der Waals surface area contributed by atoms with Crippen LogP contribution in [-0.4, -0.2) is 155 Å². The summed E-state index contributed by atoms with van der Waals surface area (Å²) in [5, 5.41) is 0. The molecule has 0 spiro atoms. The van der Waals surface area contributed by atoms with Crippen LogP contribution in [0.4, 0.5) is 0 Å². The van der Waals surface area contributed by atoms with E-state index in [0.29, 0.717) is 0 Å². The predicted molar refractivity (Wildman–Crippen MR) is 351 cm³/mol. The summed E-state index contributed by atoms with van der Waals surface area (Å²) in [5.41, 5.74) is 3.74. The highest BCUT2D eigenvalue weighted by Gasteiger charge is 2.39. The van der Waals surface area contributed by atoms with E-state index in [-0.39, 0.29) is 81.7 Å². The van der Waals surface area contributed by atoms with Crippen molar-refractivity contribution < 1.29 is 71.4 Å². The van der Waals surface area contributed by atoms with Crippen molar-refractivity contribution in [1.82, 2.24) is 0 Å². The second kappa shape index (κ2) is 41.7. The molecule has 0 radical (unpaired) electrons. The fourth-order valence-corrected chi connectivity index (χ4v) is 16.6. The molecule has 0 N–H and O–H groups in total. The third kappa shape index (κ3) is 34.1. The SMILES string of the molecule is CCC[P+](C)(C)Cc1ccc(COC(=O)C(C)(COC)COC(C)=O)cc1.CCC[P+](C)(C)Cc1ccc(COC(=O)C(C)(COC)COC(C)=O)cc1.CCC[P+](C)(C)Cc1ccc(COC(=O)C(C)(COC)COC(C)=O)cc1.[CH3-].[CH3-].[CH3-]. The molecule has 0 aliphatic heterocycles. The van der Waals surface area contributed by atoms with Crippen molar-refractivity contribution in [1.29, 1.82) is 0 Å². The molecule has 480 valence electrons. The van der Waals surface area contributed by atoms with Crippen LogP contribution < -0.4 is 0 Å². The van der Waals surface area contributed by atoms with Crippen LogP contribution in [0.2, 0.25) is 0 Å². The van der Waals surface area contributed by atoms with Gasteiger partial charge in [-0.15, -0.1) is 0 Å². The van der Waals surface area contributed by atoms with Gasteiger partial charge in [0.2, 0.25) is 0 Å². The molecule has 0 fully saturated rings. The second-order valence-corrected chi connectivity index (χ2v) is 37.9. The number of benzene rings is 3. The summed E-state index contributed by atoms with van der Waals surface area (Å²) in [5.74, 6) is -2.63. The average Bonchev–Trinajstić information content (AvgIpc) is 3.38. The molecule has 0 heterocycles. The third-order valence-electron chi connectivity index (χ3n) is 13.1. The van der Waals surface area contributed by atoms with Crippen LogP contribution in [0.15, 0.2) is 72.8 Å². The van der Waals surface area contributed by atoms with Crippen LogP contribution >= 0.6 is 21.8 Å². The normalized spacial score (nSPS) is 13.2. The van der Waals surface area contributed by atoms with Gasteiger partial charge in [-0.2, -0.15) is 0 Å². The molecular weight excluding hydrogens is 1130 g/mol. The Morgan fingerprint density at radius 2 is 0.536 bits per heavy atom. The Balaban J connectivity index is -0.00000115. The Morgan fingerprint density at radius 3 is 0.702 bits per heavy atom. The number of hydrogen-bond acceptors (Lipinski definition) is 15. The lowest BCUT2D eigenvalue weighted by Gasteiger charge is -2.25. The molecule has 18 heteroatoms. The number of ether oxygens (including phenoxy) is 9. The van der Waals surface area contributed by atoms with E-state index in [1.54, 1.807) is 20.8 Å². The first-order chi connectivity index (χ1) is 37.8. The Hall–Kier alpha value is -4.35. The predicted octanol–water partition coefficient (Wildman–Crippen LogP) is 13.7. The Morgan fingerprint density at radius 1 is 0.345 bits per heavy atom. The standard InChI is InChI=1S/3C21H34O5P.3CH3/c3*1-7-12-27(5,6)14-19-10-8-18(9-11-19)13-25-20(23)21(3,15-24-4)16-26-17(2)22;;;/h3*8-11H,7,12-16H2,1-6H3;3*1H3/q3*+1;3*-1. The Labute approximate surface area is 510 Å². The number of esters is 6. The van der Waals surface area contributed by atoms with E-state index in [1.807, 2.05) is 36.4 Å². The van der Waals surface area contributed by atoms with Crippen molar-refractivity contribution in [2.24, 2.45) is 16.2 Å². The zero-order valence-electron chi connectivity index (χ0n) is 55.6. The van der Waals surface area contributed by atoms with Crippen molar-refractivity contribution in [2.45, 2.75) is 120 Å². The minimum Gasteiger partial charge on any atom is -0.465 e. The fraction of sp³-hybridized carbons (Fsp3) is 0.591. The lowest BCUT2D eigenvalue weighted by molar-refractivity contribution is -0.168. The number of rotatable bonds is 33. The van der Waals surface area contributed by atoms with Gasteiger partial charge in [-0.3, -0.25) is 28.8 Å². The molecule has 0 aromatic heterocycles. The van der Waals surface area contributed by atoms with Crippen molar-refractivity contribution in [3.8, 4) is 0 Å². The van der Waals surface area contributed by atoms with Gasteiger partial charge < -0.3 is 64.9 Å². The van der Waals surface area contributed by atoms with Crippen molar-refractivity contribution in [2.75, 3.05) is 119 Å². The molecule has 0 aliphatic rings. The lowest BCUT2D eigenvalue weighted by Crippen LogP contribution is -2.39. The topological polar surface area (TPSA) is 185 Å². The summed E-state index contributed by atoms with van der Waals surface area (Å²) >= 11 is 0. The Kier molecular flexibility index (Phi) is 41.6. The third-order valence-corrected chi connectivity index (χ3v) is 21.8. The lowest BCUT2D eigenvalue weighted by atomic mass is 9.93. The van der Waals surface area contributed by atoms with Crippen LogP contribution in [0.5, 0.6) is 0 Å². The van der Waals surface area contributed by atoms with E-state index in [4.69, 9.17) is 42.6 Å². The highest BCUT2D eigenvalue weighted by Crippen LogP contribution is 2.56. The average molecular weight is 1240 g/mol. The van der Waals surface area contributed by atoms with Gasteiger partial charge in [-0.25, -0.2) is 0 Å².